The van der Waals surface area contributed by atoms with E-state index in [1.54, 1.807) is 11.6 Å². The second-order valence-electron chi connectivity index (χ2n) is 3.73. The molecule has 2 amide bonds. The van der Waals surface area contributed by atoms with Gasteiger partial charge in [-0.2, -0.15) is 0 Å². The number of carbonyl (C=O) groups excluding carboxylic acids is 1. The van der Waals surface area contributed by atoms with Crippen LogP contribution in [0.15, 0.2) is 29.8 Å². The Morgan fingerprint density at radius 3 is 2.85 bits per heavy atom. The van der Waals surface area contributed by atoms with Crippen LogP contribution in [-0.2, 0) is 6.54 Å². The average molecular weight is 295 g/mol. The highest BCUT2D eigenvalue weighted by atomic mass is 32.1. The van der Waals surface area contributed by atoms with E-state index < -0.39 is 17.8 Å². The standard InChI is InChI=1S/C12H10FN3O3S/c13-7-1-2-8(11(17)18)9(5-7)16-12(19)15-6-10-14-3-4-20-10/h1-5H,6H2,(H,17,18)(H2,15,16,19). The quantitative estimate of drug-likeness (QED) is 0.807. The van der Waals surface area contributed by atoms with Crippen molar-refractivity contribution in [1.29, 1.82) is 0 Å². The minimum absolute atomic E-state index is 0.103. The summed E-state index contributed by atoms with van der Waals surface area (Å²) in [7, 11) is 0. The lowest BCUT2D eigenvalue weighted by Gasteiger charge is -2.09. The number of carboxylic acid groups (broad SMARTS) is 1. The van der Waals surface area contributed by atoms with Crippen molar-refractivity contribution in [2.75, 3.05) is 5.32 Å². The molecular formula is C12H10FN3O3S. The Kier molecular flexibility index (Phi) is 4.26. The summed E-state index contributed by atoms with van der Waals surface area (Å²) in [6, 6.07) is 2.43. The molecule has 20 heavy (non-hydrogen) atoms. The van der Waals surface area contributed by atoms with E-state index in [0.29, 0.717) is 5.01 Å². The zero-order chi connectivity index (χ0) is 14.5. The zero-order valence-corrected chi connectivity index (χ0v) is 10.9. The number of carbonyl (C=O) groups is 2. The third kappa shape index (κ3) is 3.51. The highest BCUT2D eigenvalue weighted by Crippen LogP contribution is 2.17. The Labute approximate surface area is 117 Å². The minimum atomic E-state index is -1.25. The van der Waals surface area contributed by atoms with Gasteiger partial charge in [-0.05, 0) is 18.2 Å². The largest absolute Gasteiger partial charge is 0.478 e. The molecule has 1 aromatic carbocycles. The van der Waals surface area contributed by atoms with Crippen LogP contribution in [0.4, 0.5) is 14.9 Å². The van der Waals surface area contributed by atoms with E-state index in [4.69, 9.17) is 5.11 Å². The first-order chi connectivity index (χ1) is 9.56. The summed E-state index contributed by atoms with van der Waals surface area (Å²) in [6.45, 7) is 0.210. The summed E-state index contributed by atoms with van der Waals surface area (Å²) in [5.41, 5.74) is -0.287. The molecular weight excluding hydrogens is 285 g/mol. The van der Waals surface area contributed by atoms with Gasteiger partial charge in [-0.25, -0.2) is 19.0 Å². The smallest absolute Gasteiger partial charge is 0.337 e. The number of aromatic nitrogens is 1. The van der Waals surface area contributed by atoms with E-state index in [1.807, 2.05) is 0 Å². The maximum Gasteiger partial charge on any atom is 0.337 e. The monoisotopic (exact) mass is 295 g/mol. The lowest BCUT2D eigenvalue weighted by Crippen LogP contribution is -2.28. The molecule has 0 aliphatic heterocycles. The number of nitrogens with zero attached hydrogens (tertiary/aromatic N) is 1. The van der Waals surface area contributed by atoms with Crippen molar-refractivity contribution in [1.82, 2.24) is 10.3 Å². The molecule has 0 fully saturated rings. The maximum absolute atomic E-state index is 13.1. The third-order valence-corrected chi connectivity index (χ3v) is 3.12. The topological polar surface area (TPSA) is 91.3 Å². The number of nitrogens with one attached hydrogen (secondary N) is 2. The van der Waals surface area contributed by atoms with E-state index in [1.165, 1.54) is 11.3 Å². The van der Waals surface area contributed by atoms with Crippen molar-refractivity contribution >= 4 is 29.0 Å². The van der Waals surface area contributed by atoms with E-state index >= 15 is 0 Å². The molecule has 0 spiro atoms. The maximum atomic E-state index is 13.1. The first-order valence-corrected chi connectivity index (χ1v) is 6.40. The van der Waals surface area contributed by atoms with Crippen molar-refractivity contribution in [3.8, 4) is 0 Å². The Bertz CT molecular complexity index is 631. The van der Waals surface area contributed by atoms with Crippen LogP contribution in [0.3, 0.4) is 0 Å². The number of halogens is 1. The van der Waals surface area contributed by atoms with Crippen molar-refractivity contribution in [2.45, 2.75) is 6.54 Å². The Hall–Kier alpha value is -2.48. The van der Waals surface area contributed by atoms with Crippen LogP contribution < -0.4 is 10.6 Å². The highest BCUT2D eigenvalue weighted by Gasteiger charge is 2.13. The number of rotatable bonds is 4. The SMILES string of the molecule is O=C(NCc1nccs1)Nc1cc(F)ccc1C(=O)O. The molecule has 2 rings (SSSR count). The first kappa shape index (κ1) is 13.9. The number of aromatic carboxylic acids is 1. The number of anilines is 1. The summed E-state index contributed by atoms with van der Waals surface area (Å²) in [5, 5.41) is 16.2. The molecule has 1 heterocycles. The predicted octanol–water partition coefficient (Wildman–Crippen LogP) is 2.30. The zero-order valence-electron chi connectivity index (χ0n) is 10.1. The van der Waals surface area contributed by atoms with Crippen LogP contribution in [0.5, 0.6) is 0 Å². The average Bonchev–Trinajstić information content (AvgIpc) is 2.89. The van der Waals surface area contributed by atoms with Gasteiger partial charge in [0, 0.05) is 11.6 Å². The fraction of sp³-hybridized carbons (Fsp3) is 0.0833. The number of benzene rings is 1. The summed E-state index contributed by atoms with van der Waals surface area (Å²) in [4.78, 5) is 26.6. The fourth-order valence-corrected chi connectivity index (χ4v) is 2.03. The number of thiazole rings is 1. The minimum Gasteiger partial charge on any atom is -0.478 e. The molecule has 0 saturated heterocycles. The molecule has 0 aliphatic carbocycles. The van der Waals surface area contributed by atoms with E-state index in [0.717, 1.165) is 18.2 Å². The van der Waals surface area contributed by atoms with E-state index in [-0.39, 0.29) is 17.8 Å². The van der Waals surface area contributed by atoms with Gasteiger partial charge in [0.1, 0.15) is 10.8 Å². The van der Waals surface area contributed by atoms with Crippen LogP contribution in [0.25, 0.3) is 0 Å². The van der Waals surface area contributed by atoms with E-state index in [9.17, 15) is 14.0 Å². The second kappa shape index (κ2) is 6.11. The summed E-state index contributed by atoms with van der Waals surface area (Å²) >= 11 is 1.37. The van der Waals surface area contributed by atoms with Gasteiger partial charge in [-0.1, -0.05) is 0 Å². The molecule has 0 saturated carbocycles. The predicted molar refractivity (Wildman–Crippen MR) is 71.3 cm³/mol. The van der Waals surface area contributed by atoms with Gasteiger partial charge in [0.25, 0.3) is 0 Å². The molecule has 8 heteroatoms. The third-order valence-electron chi connectivity index (χ3n) is 2.34. The highest BCUT2D eigenvalue weighted by molar-refractivity contribution is 7.09. The summed E-state index contributed by atoms with van der Waals surface area (Å²) < 4.78 is 13.1. The van der Waals surface area contributed by atoms with Crippen LogP contribution in [0.1, 0.15) is 15.4 Å². The van der Waals surface area contributed by atoms with Crippen LogP contribution in [0.2, 0.25) is 0 Å². The molecule has 104 valence electrons. The van der Waals surface area contributed by atoms with Crippen LogP contribution in [0, 0.1) is 5.82 Å². The van der Waals surface area contributed by atoms with Crippen molar-refractivity contribution in [3.05, 3.63) is 46.2 Å². The summed E-state index contributed by atoms with van der Waals surface area (Å²) in [6.07, 6.45) is 1.61. The van der Waals surface area contributed by atoms with Gasteiger partial charge in [0.15, 0.2) is 0 Å². The molecule has 0 radical (unpaired) electrons. The van der Waals surface area contributed by atoms with Crippen molar-refractivity contribution in [2.24, 2.45) is 0 Å². The Balaban J connectivity index is 2.03. The van der Waals surface area contributed by atoms with Crippen LogP contribution >= 0.6 is 11.3 Å². The number of amides is 2. The Morgan fingerprint density at radius 1 is 1.40 bits per heavy atom. The van der Waals surface area contributed by atoms with Gasteiger partial charge >= 0.3 is 12.0 Å². The molecule has 0 atom stereocenters. The normalized spacial score (nSPS) is 10.1. The lowest BCUT2D eigenvalue weighted by atomic mass is 10.2. The van der Waals surface area contributed by atoms with Gasteiger partial charge in [-0.3, -0.25) is 0 Å². The molecule has 3 N–H and O–H groups in total. The van der Waals surface area contributed by atoms with Crippen molar-refractivity contribution in [3.63, 3.8) is 0 Å². The Morgan fingerprint density at radius 2 is 2.20 bits per heavy atom. The molecule has 0 unspecified atom stereocenters. The molecule has 0 bridgehead atoms. The molecule has 0 aliphatic rings. The van der Waals surface area contributed by atoms with Gasteiger partial charge in [-0.15, -0.1) is 11.3 Å². The number of hydrogen-bond acceptors (Lipinski definition) is 4. The number of carboxylic acids is 1. The van der Waals surface area contributed by atoms with Crippen LogP contribution in [-0.4, -0.2) is 22.1 Å². The van der Waals surface area contributed by atoms with E-state index in [2.05, 4.69) is 15.6 Å². The molecule has 1 aromatic heterocycles. The first-order valence-electron chi connectivity index (χ1n) is 5.52. The fourth-order valence-electron chi connectivity index (χ4n) is 1.47. The number of hydrogen-bond donors (Lipinski definition) is 3. The lowest BCUT2D eigenvalue weighted by molar-refractivity contribution is 0.0698. The van der Waals surface area contributed by atoms with Gasteiger partial charge in [0.05, 0.1) is 17.8 Å². The van der Waals surface area contributed by atoms with Crippen molar-refractivity contribution < 1.29 is 19.1 Å². The van der Waals surface area contributed by atoms with Gasteiger partial charge < -0.3 is 15.7 Å². The van der Waals surface area contributed by atoms with Gasteiger partial charge in [0.2, 0.25) is 0 Å². The molecule has 2 aromatic rings. The molecule has 6 nitrogen and oxygen atoms in total. The summed E-state index contributed by atoms with van der Waals surface area (Å²) in [5.74, 6) is -1.88. The second-order valence-corrected chi connectivity index (χ2v) is 4.71. The number of urea groups is 1.